The molecule has 8 heteroatoms. The lowest BCUT2D eigenvalue weighted by Gasteiger charge is -2.28. The largest absolute Gasteiger partial charge is 0.481 e. The fourth-order valence-electron chi connectivity index (χ4n) is 2.80. The molecule has 0 aromatic heterocycles. The van der Waals surface area contributed by atoms with Gasteiger partial charge >= 0.3 is 18.1 Å². The van der Waals surface area contributed by atoms with E-state index in [9.17, 15) is 22.8 Å². The lowest BCUT2D eigenvalue weighted by atomic mass is 9.77. The van der Waals surface area contributed by atoms with Crippen LogP contribution in [-0.4, -0.2) is 41.1 Å². The molecular formula is C14H13BrF3NO3. The Morgan fingerprint density at radius 3 is 2.36 bits per heavy atom. The first kappa shape index (κ1) is 16.8. The molecule has 22 heavy (non-hydrogen) atoms. The molecule has 1 amide bonds. The number of carbonyl (C=O) groups excluding carboxylic acids is 1. The number of amides is 1. The van der Waals surface area contributed by atoms with Crippen LogP contribution in [0.25, 0.3) is 0 Å². The number of nitrogens with zero attached hydrogens (tertiary/aromatic N) is 1. The molecule has 1 unspecified atom stereocenters. The molecule has 0 aliphatic carbocycles. The first-order chi connectivity index (χ1) is 10.1. The van der Waals surface area contributed by atoms with Gasteiger partial charge in [0.25, 0.3) is 0 Å². The van der Waals surface area contributed by atoms with Gasteiger partial charge in [-0.05, 0) is 24.1 Å². The van der Waals surface area contributed by atoms with Crippen LogP contribution in [0, 0.1) is 0 Å². The predicted octanol–water partition coefficient (Wildman–Crippen LogP) is 2.96. The lowest BCUT2D eigenvalue weighted by Crippen LogP contribution is -2.42. The molecule has 1 aliphatic heterocycles. The van der Waals surface area contributed by atoms with Gasteiger partial charge in [-0.15, -0.1) is 0 Å². The van der Waals surface area contributed by atoms with Crippen molar-refractivity contribution in [3.63, 3.8) is 0 Å². The molecule has 4 nitrogen and oxygen atoms in total. The fourth-order valence-corrected chi connectivity index (χ4v) is 3.06. The second-order valence-electron chi connectivity index (χ2n) is 5.33. The van der Waals surface area contributed by atoms with E-state index in [1.807, 2.05) is 0 Å². The van der Waals surface area contributed by atoms with Crippen molar-refractivity contribution in [1.29, 1.82) is 0 Å². The summed E-state index contributed by atoms with van der Waals surface area (Å²) >= 11 is 3.25. The van der Waals surface area contributed by atoms with E-state index >= 15 is 0 Å². The Balaban J connectivity index is 2.31. The number of rotatable bonds is 3. The molecule has 0 spiro atoms. The minimum Gasteiger partial charge on any atom is -0.481 e. The van der Waals surface area contributed by atoms with E-state index in [-0.39, 0.29) is 25.9 Å². The highest BCUT2D eigenvalue weighted by molar-refractivity contribution is 9.10. The van der Waals surface area contributed by atoms with Gasteiger partial charge in [0, 0.05) is 23.0 Å². The smallest absolute Gasteiger partial charge is 0.471 e. The summed E-state index contributed by atoms with van der Waals surface area (Å²) in [6.45, 7) is -0.360. The predicted molar refractivity (Wildman–Crippen MR) is 75.3 cm³/mol. The van der Waals surface area contributed by atoms with Crippen molar-refractivity contribution in [3.8, 4) is 0 Å². The van der Waals surface area contributed by atoms with Crippen LogP contribution in [0.5, 0.6) is 0 Å². The average Bonchev–Trinajstić information content (AvgIpc) is 2.81. The molecule has 1 heterocycles. The minimum absolute atomic E-state index is 0.109. The van der Waals surface area contributed by atoms with Gasteiger partial charge in [0.1, 0.15) is 0 Å². The van der Waals surface area contributed by atoms with Crippen molar-refractivity contribution in [2.75, 3.05) is 13.1 Å². The topological polar surface area (TPSA) is 57.6 Å². The van der Waals surface area contributed by atoms with Crippen LogP contribution in [0.2, 0.25) is 0 Å². The maximum atomic E-state index is 12.6. The van der Waals surface area contributed by atoms with Crippen LogP contribution < -0.4 is 0 Å². The highest BCUT2D eigenvalue weighted by atomic mass is 79.9. The van der Waals surface area contributed by atoms with Crippen LogP contribution in [0.3, 0.4) is 0 Å². The quantitative estimate of drug-likeness (QED) is 0.878. The van der Waals surface area contributed by atoms with Gasteiger partial charge in [-0.3, -0.25) is 9.59 Å². The molecule has 1 atom stereocenters. The van der Waals surface area contributed by atoms with Crippen molar-refractivity contribution in [3.05, 3.63) is 34.3 Å². The Bertz CT molecular complexity index is 588. The Labute approximate surface area is 133 Å². The van der Waals surface area contributed by atoms with E-state index in [4.69, 9.17) is 5.11 Å². The maximum Gasteiger partial charge on any atom is 0.471 e. The fraction of sp³-hybridized carbons (Fsp3) is 0.429. The zero-order chi connectivity index (χ0) is 16.5. The first-order valence-corrected chi connectivity index (χ1v) is 7.27. The first-order valence-electron chi connectivity index (χ1n) is 6.48. The lowest BCUT2D eigenvalue weighted by molar-refractivity contribution is -0.184. The highest BCUT2D eigenvalue weighted by Crippen LogP contribution is 2.39. The Kier molecular flexibility index (Phi) is 4.51. The molecule has 1 N–H and O–H groups in total. The number of hydrogen-bond acceptors (Lipinski definition) is 2. The summed E-state index contributed by atoms with van der Waals surface area (Å²) in [5.41, 5.74) is -0.372. The molecule has 0 saturated carbocycles. The van der Waals surface area contributed by atoms with E-state index in [1.165, 1.54) is 0 Å². The standard InChI is InChI=1S/C14H13BrF3NO3/c15-10-3-1-9(2-4-10)13(7-11(20)21)5-6-19(8-13)12(22)14(16,17)18/h1-4H,5-8H2,(H,20,21). The Morgan fingerprint density at radius 2 is 1.86 bits per heavy atom. The molecule has 1 aliphatic rings. The van der Waals surface area contributed by atoms with Gasteiger partial charge in [-0.25, -0.2) is 0 Å². The van der Waals surface area contributed by atoms with Gasteiger partial charge in [-0.2, -0.15) is 13.2 Å². The monoisotopic (exact) mass is 379 g/mol. The number of carboxylic acid groups (broad SMARTS) is 1. The summed E-state index contributed by atoms with van der Waals surface area (Å²) in [7, 11) is 0. The summed E-state index contributed by atoms with van der Waals surface area (Å²) in [6.07, 6.45) is -5.09. The number of hydrogen-bond donors (Lipinski definition) is 1. The second kappa shape index (κ2) is 5.91. The van der Waals surface area contributed by atoms with Crippen LogP contribution in [0.1, 0.15) is 18.4 Å². The summed E-state index contributed by atoms with van der Waals surface area (Å²) in [5, 5.41) is 9.10. The summed E-state index contributed by atoms with van der Waals surface area (Å²) in [5.74, 6) is -3.03. The van der Waals surface area contributed by atoms with Crippen molar-refractivity contribution < 1.29 is 27.9 Å². The molecule has 0 bridgehead atoms. The molecule has 1 aromatic carbocycles. The summed E-state index contributed by atoms with van der Waals surface area (Å²) in [6, 6.07) is 6.75. The van der Waals surface area contributed by atoms with Crippen LogP contribution in [0.15, 0.2) is 28.7 Å². The number of alkyl halides is 3. The van der Waals surface area contributed by atoms with Crippen molar-refractivity contribution >= 4 is 27.8 Å². The summed E-state index contributed by atoms with van der Waals surface area (Å²) in [4.78, 5) is 23.2. The van der Waals surface area contributed by atoms with Crippen LogP contribution in [-0.2, 0) is 15.0 Å². The van der Waals surface area contributed by atoms with E-state index in [1.54, 1.807) is 24.3 Å². The number of halogens is 4. The molecule has 1 saturated heterocycles. The van der Waals surface area contributed by atoms with Gasteiger partial charge in [0.2, 0.25) is 0 Å². The van der Waals surface area contributed by atoms with Gasteiger partial charge in [0.05, 0.1) is 6.42 Å². The molecule has 1 fully saturated rings. The number of carboxylic acids is 1. The molecule has 0 radical (unpaired) electrons. The molecule has 2 rings (SSSR count). The zero-order valence-electron chi connectivity index (χ0n) is 11.4. The maximum absolute atomic E-state index is 12.6. The normalized spacial score (nSPS) is 21.9. The third-order valence-corrected chi connectivity index (χ3v) is 4.36. The molecule has 120 valence electrons. The van der Waals surface area contributed by atoms with Crippen molar-refractivity contribution in [2.45, 2.75) is 24.4 Å². The molecular weight excluding hydrogens is 367 g/mol. The van der Waals surface area contributed by atoms with Gasteiger partial charge < -0.3 is 10.0 Å². The van der Waals surface area contributed by atoms with Crippen LogP contribution >= 0.6 is 15.9 Å². The number of likely N-dealkylation sites (tertiary alicyclic amines) is 1. The Morgan fingerprint density at radius 1 is 1.27 bits per heavy atom. The van der Waals surface area contributed by atoms with E-state index in [0.29, 0.717) is 10.5 Å². The van der Waals surface area contributed by atoms with Gasteiger partial charge in [0.15, 0.2) is 0 Å². The zero-order valence-corrected chi connectivity index (χ0v) is 12.9. The molecule has 1 aromatic rings. The van der Waals surface area contributed by atoms with E-state index < -0.39 is 23.5 Å². The number of benzene rings is 1. The number of aliphatic carboxylic acids is 1. The minimum atomic E-state index is -4.95. The van der Waals surface area contributed by atoms with Crippen molar-refractivity contribution in [1.82, 2.24) is 4.90 Å². The SMILES string of the molecule is O=C(O)CC1(c2ccc(Br)cc2)CCN(C(=O)C(F)(F)F)C1. The van der Waals surface area contributed by atoms with Crippen molar-refractivity contribution in [2.24, 2.45) is 0 Å². The average molecular weight is 380 g/mol. The Hall–Kier alpha value is -1.57. The van der Waals surface area contributed by atoms with E-state index in [2.05, 4.69) is 15.9 Å². The van der Waals surface area contributed by atoms with Crippen LogP contribution in [0.4, 0.5) is 13.2 Å². The third kappa shape index (κ3) is 3.43. The second-order valence-corrected chi connectivity index (χ2v) is 6.25. The van der Waals surface area contributed by atoms with Gasteiger partial charge in [-0.1, -0.05) is 28.1 Å². The number of carbonyl (C=O) groups is 2. The highest BCUT2D eigenvalue weighted by Gasteiger charge is 2.49. The van der Waals surface area contributed by atoms with E-state index in [0.717, 1.165) is 4.47 Å². The summed E-state index contributed by atoms with van der Waals surface area (Å²) < 4.78 is 38.5. The third-order valence-electron chi connectivity index (χ3n) is 3.83.